The third-order valence-corrected chi connectivity index (χ3v) is 2.39. The van der Waals surface area contributed by atoms with E-state index in [-0.39, 0.29) is 0 Å². The molecule has 0 radical (unpaired) electrons. The fourth-order valence-electron chi connectivity index (χ4n) is 1.64. The quantitative estimate of drug-likeness (QED) is 0.679. The minimum atomic E-state index is 1.09. The Morgan fingerprint density at radius 1 is 0.812 bits per heavy atom. The van der Waals surface area contributed by atoms with Gasteiger partial charge in [0.15, 0.2) is 0 Å². The highest BCUT2D eigenvalue weighted by atomic mass is 14.6. The summed E-state index contributed by atoms with van der Waals surface area (Å²) in [6, 6.07) is 20.4. The molecule has 2 aromatic carbocycles. The van der Waals surface area contributed by atoms with Gasteiger partial charge in [0, 0.05) is 11.8 Å². The van der Waals surface area contributed by atoms with Gasteiger partial charge in [-0.3, -0.25) is 4.99 Å². The Balaban J connectivity index is 2.48. The van der Waals surface area contributed by atoms with Crippen molar-refractivity contribution in [2.75, 3.05) is 0 Å². The summed E-state index contributed by atoms with van der Waals surface area (Å²) in [6.45, 7) is 3.53. The second-order valence-electron chi connectivity index (χ2n) is 3.46. The van der Waals surface area contributed by atoms with Gasteiger partial charge in [0.1, 0.15) is 0 Å². The Morgan fingerprint density at radius 3 is 1.62 bits per heavy atom. The molecule has 0 saturated heterocycles. The van der Waals surface area contributed by atoms with Gasteiger partial charge in [0.05, 0.1) is 0 Å². The molecule has 0 saturated carbocycles. The van der Waals surface area contributed by atoms with E-state index in [0.717, 1.165) is 16.7 Å². The van der Waals surface area contributed by atoms with Crippen LogP contribution in [0.1, 0.15) is 11.1 Å². The van der Waals surface area contributed by atoms with Gasteiger partial charge in [-0.1, -0.05) is 60.7 Å². The third kappa shape index (κ3) is 2.26. The highest BCUT2D eigenvalue weighted by Crippen LogP contribution is 2.22. The fraction of sp³-hybridized carbons (Fsp3) is 0. The fourth-order valence-corrected chi connectivity index (χ4v) is 1.64. The highest BCUT2D eigenvalue weighted by molar-refractivity contribution is 5.79. The lowest BCUT2D eigenvalue weighted by Gasteiger charge is -2.06. The Kier molecular flexibility index (Phi) is 3.29. The maximum Gasteiger partial charge on any atom is 0.0345 e. The van der Waals surface area contributed by atoms with E-state index in [4.69, 9.17) is 0 Å². The van der Waals surface area contributed by atoms with Gasteiger partial charge in [-0.15, -0.1) is 0 Å². The summed E-state index contributed by atoms with van der Waals surface area (Å²) in [5.74, 6) is 0. The predicted octanol–water partition coefficient (Wildman–Crippen LogP) is 3.78. The molecule has 78 valence electrons. The van der Waals surface area contributed by atoms with E-state index in [1.54, 1.807) is 6.20 Å². The van der Waals surface area contributed by atoms with Crippen LogP contribution in [0.5, 0.6) is 0 Å². The maximum absolute atomic E-state index is 3.88. The zero-order valence-corrected chi connectivity index (χ0v) is 9.01. The first-order chi connectivity index (χ1) is 7.92. The third-order valence-electron chi connectivity index (χ3n) is 2.39. The van der Waals surface area contributed by atoms with Crippen LogP contribution in [-0.4, -0.2) is 6.72 Å². The van der Waals surface area contributed by atoms with E-state index in [2.05, 4.69) is 36.0 Å². The van der Waals surface area contributed by atoms with Crippen LogP contribution < -0.4 is 0 Å². The Labute approximate surface area is 95.8 Å². The summed E-state index contributed by atoms with van der Waals surface area (Å²) >= 11 is 0. The molecule has 1 nitrogen and oxygen atoms in total. The molecule has 1 heteroatoms. The van der Waals surface area contributed by atoms with Crippen LogP contribution in [0, 0.1) is 0 Å². The summed E-state index contributed by atoms with van der Waals surface area (Å²) in [7, 11) is 0. The molecule has 0 spiro atoms. The van der Waals surface area contributed by atoms with Crippen LogP contribution in [0.15, 0.2) is 71.9 Å². The van der Waals surface area contributed by atoms with Crippen molar-refractivity contribution < 1.29 is 0 Å². The van der Waals surface area contributed by atoms with E-state index < -0.39 is 0 Å². The largest absolute Gasteiger partial charge is 0.272 e. The van der Waals surface area contributed by atoms with Gasteiger partial charge < -0.3 is 0 Å². The lowest BCUT2D eigenvalue weighted by atomic mass is 9.99. The molecule has 0 bridgehead atoms. The topological polar surface area (TPSA) is 12.4 Å². The molecule has 0 amide bonds. The second kappa shape index (κ2) is 5.08. The standard InChI is InChI=1S/C15H13N/c1-16-12-15(13-8-4-2-5-9-13)14-10-6-3-7-11-14/h2-12H,1H2. The Hall–Kier alpha value is -2.15. The number of nitrogens with zero attached hydrogens (tertiary/aromatic N) is 1. The van der Waals surface area contributed by atoms with Crippen LogP contribution in [0.25, 0.3) is 5.57 Å². The maximum atomic E-state index is 3.88. The monoisotopic (exact) mass is 207 g/mol. The highest BCUT2D eigenvalue weighted by Gasteiger charge is 2.02. The van der Waals surface area contributed by atoms with Gasteiger partial charge >= 0.3 is 0 Å². The van der Waals surface area contributed by atoms with Gasteiger partial charge in [-0.05, 0) is 17.8 Å². The van der Waals surface area contributed by atoms with Gasteiger partial charge in [-0.2, -0.15) is 0 Å². The van der Waals surface area contributed by atoms with E-state index in [0.29, 0.717) is 0 Å². The summed E-state index contributed by atoms with van der Waals surface area (Å²) in [6.07, 6.45) is 1.80. The normalized spacial score (nSPS) is 9.50. The van der Waals surface area contributed by atoms with Crippen LogP contribution in [0.4, 0.5) is 0 Å². The minimum absolute atomic E-state index is 1.09. The van der Waals surface area contributed by atoms with Crippen molar-refractivity contribution in [3.05, 3.63) is 78.0 Å². The molecular formula is C15H13N. The number of hydrogen-bond donors (Lipinski definition) is 0. The van der Waals surface area contributed by atoms with Crippen molar-refractivity contribution in [1.82, 2.24) is 0 Å². The molecular weight excluding hydrogens is 194 g/mol. The van der Waals surface area contributed by atoms with Crippen LogP contribution in [0.3, 0.4) is 0 Å². The molecule has 0 atom stereocenters. The molecule has 0 N–H and O–H groups in total. The van der Waals surface area contributed by atoms with E-state index in [1.807, 2.05) is 36.4 Å². The van der Waals surface area contributed by atoms with Crippen molar-refractivity contribution in [2.24, 2.45) is 4.99 Å². The summed E-state index contributed by atoms with van der Waals surface area (Å²) in [5.41, 5.74) is 3.40. The molecule has 2 aromatic rings. The molecule has 2 rings (SSSR count). The summed E-state index contributed by atoms with van der Waals surface area (Å²) < 4.78 is 0. The minimum Gasteiger partial charge on any atom is -0.272 e. The summed E-state index contributed by atoms with van der Waals surface area (Å²) in [4.78, 5) is 3.88. The lowest BCUT2D eigenvalue weighted by molar-refractivity contribution is 1.50. The van der Waals surface area contributed by atoms with Crippen LogP contribution in [-0.2, 0) is 0 Å². The van der Waals surface area contributed by atoms with Gasteiger partial charge in [-0.25, -0.2) is 0 Å². The molecule has 0 unspecified atom stereocenters. The lowest BCUT2D eigenvalue weighted by Crippen LogP contribution is -1.86. The Morgan fingerprint density at radius 2 is 1.25 bits per heavy atom. The predicted molar refractivity (Wildman–Crippen MR) is 69.5 cm³/mol. The van der Waals surface area contributed by atoms with E-state index in [1.165, 1.54) is 0 Å². The first kappa shape index (κ1) is 10.4. The summed E-state index contributed by atoms with van der Waals surface area (Å²) in [5, 5.41) is 0. The van der Waals surface area contributed by atoms with Crippen molar-refractivity contribution in [1.29, 1.82) is 0 Å². The first-order valence-corrected chi connectivity index (χ1v) is 5.18. The van der Waals surface area contributed by atoms with Crippen molar-refractivity contribution in [3.8, 4) is 0 Å². The van der Waals surface area contributed by atoms with Crippen molar-refractivity contribution in [3.63, 3.8) is 0 Å². The number of rotatable bonds is 3. The van der Waals surface area contributed by atoms with E-state index in [9.17, 15) is 0 Å². The average Bonchev–Trinajstić information content (AvgIpc) is 2.38. The number of aliphatic imine (C=N–C) groups is 1. The average molecular weight is 207 g/mol. The SMILES string of the molecule is C=NC=C(c1ccccc1)c1ccccc1. The molecule has 0 aliphatic heterocycles. The van der Waals surface area contributed by atoms with Crippen molar-refractivity contribution in [2.45, 2.75) is 0 Å². The van der Waals surface area contributed by atoms with E-state index >= 15 is 0 Å². The Bertz CT molecular complexity index is 442. The molecule has 0 aliphatic rings. The molecule has 0 fully saturated rings. The second-order valence-corrected chi connectivity index (χ2v) is 3.46. The van der Waals surface area contributed by atoms with Gasteiger partial charge in [0.2, 0.25) is 0 Å². The van der Waals surface area contributed by atoms with Gasteiger partial charge in [0.25, 0.3) is 0 Å². The molecule has 0 heterocycles. The zero-order valence-electron chi connectivity index (χ0n) is 9.01. The van der Waals surface area contributed by atoms with Crippen LogP contribution in [0.2, 0.25) is 0 Å². The molecule has 16 heavy (non-hydrogen) atoms. The van der Waals surface area contributed by atoms with Crippen molar-refractivity contribution >= 4 is 12.3 Å². The number of benzene rings is 2. The first-order valence-electron chi connectivity index (χ1n) is 5.18. The molecule has 0 aromatic heterocycles. The smallest absolute Gasteiger partial charge is 0.0345 e. The zero-order chi connectivity index (χ0) is 11.2. The number of hydrogen-bond acceptors (Lipinski definition) is 1. The van der Waals surface area contributed by atoms with Crippen LogP contribution >= 0.6 is 0 Å². The molecule has 0 aliphatic carbocycles.